The van der Waals surface area contributed by atoms with E-state index in [2.05, 4.69) is 31.0 Å². The van der Waals surface area contributed by atoms with Crippen LogP contribution in [0.4, 0.5) is 0 Å². The van der Waals surface area contributed by atoms with Crippen LogP contribution in [0.1, 0.15) is 27.2 Å². The fourth-order valence-corrected chi connectivity index (χ4v) is 1.58. The first kappa shape index (κ1) is 16.4. The molecule has 1 atom stereocenters. The van der Waals surface area contributed by atoms with Crippen molar-refractivity contribution in [1.29, 1.82) is 0 Å². The lowest BCUT2D eigenvalue weighted by Crippen LogP contribution is -2.51. The SMILES string of the molecule is CCCNC(CN(CCOC)C(C)C)C(N)=O. The molecule has 1 amide bonds. The monoisotopic (exact) mass is 245 g/mol. The van der Waals surface area contributed by atoms with Crippen LogP contribution in [0.3, 0.4) is 0 Å². The summed E-state index contributed by atoms with van der Waals surface area (Å²) in [6.45, 7) is 9.20. The molecule has 1 unspecified atom stereocenters. The summed E-state index contributed by atoms with van der Waals surface area (Å²) >= 11 is 0. The molecule has 0 aromatic carbocycles. The van der Waals surface area contributed by atoms with Crippen molar-refractivity contribution >= 4 is 5.91 Å². The van der Waals surface area contributed by atoms with Gasteiger partial charge < -0.3 is 15.8 Å². The number of nitrogens with two attached hydrogens (primary N) is 1. The molecule has 0 spiro atoms. The lowest BCUT2D eigenvalue weighted by atomic mass is 10.2. The van der Waals surface area contributed by atoms with Crippen LogP contribution in [-0.2, 0) is 9.53 Å². The summed E-state index contributed by atoms with van der Waals surface area (Å²) in [6.07, 6.45) is 0.990. The Morgan fingerprint density at radius 1 is 1.47 bits per heavy atom. The van der Waals surface area contributed by atoms with Crippen LogP contribution < -0.4 is 11.1 Å². The van der Waals surface area contributed by atoms with Gasteiger partial charge in [0, 0.05) is 26.2 Å². The molecule has 3 N–H and O–H groups in total. The van der Waals surface area contributed by atoms with E-state index in [9.17, 15) is 4.79 Å². The van der Waals surface area contributed by atoms with Crippen molar-refractivity contribution < 1.29 is 9.53 Å². The predicted molar refractivity (Wildman–Crippen MR) is 69.9 cm³/mol. The van der Waals surface area contributed by atoms with E-state index in [1.807, 2.05) is 0 Å². The summed E-state index contributed by atoms with van der Waals surface area (Å²) in [6, 6.07) is 0.0876. The van der Waals surface area contributed by atoms with Crippen molar-refractivity contribution in [3.05, 3.63) is 0 Å². The highest BCUT2D eigenvalue weighted by Gasteiger charge is 2.19. The lowest BCUT2D eigenvalue weighted by molar-refractivity contribution is -0.120. The average molecular weight is 245 g/mol. The summed E-state index contributed by atoms with van der Waals surface area (Å²) in [5.74, 6) is -0.290. The highest BCUT2D eigenvalue weighted by atomic mass is 16.5. The Hall–Kier alpha value is -0.650. The summed E-state index contributed by atoms with van der Waals surface area (Å²) in [4.78, 5) is 13.5. The molecule has 0 rings (SSSR count). The second-order valence-electron chi connectivity index (χ2n) is 4.49. The number of carbonyl (C=O) groups excluding carboxylic acids is 1. The first-order valence-electron chi connectivity index (χ1n) is 6.28. The summed E-state index contributed by atoms with van der Waals surface area (Å²) in [7, 11) is 1.68. The van der Waals surface area contributed by atoms with Gasteiger partial charge in [0.15, 0.2) is 0 Å². The van der Waals surface area contributed by atoms with Crippen LogP contribution in [0.25, 0.3) is 0 Å². The number of hydrogen-bond acceptors (Lipinski definition) is 4. The molecule has 0 aliphatic heterocycles. The second kappa shape index (κ2) is 9.39. The van der Waals surface area contributed by atoms with Gasteiger partial charge in [0.25, 0.3) is 0 Å². The Morgan fingerprint density at radius 3 is 2.53 bits per heavy atom. The van der Waals surface area contributed by atoms with Gasteiger partial charge in [0.1, 0.15) is 0 Å². The van der Waals surface area contributed by atoms with Crippen molar-refractivity contribution in [1.82, 2.24) is 10.2 Å². The average Bonchev–Trinajstić information content (AvgIpc) is 2.27. The molecule has 17 heavy (non-hydrogen) atoms. The molecule has 5 heteroatoms. The van der Waals surface area contributed by atoms with Crippen LogP contribution in [-0.4, -0.2) is 56.2 Å². The van der Waals surface area contributed by atoms with E-state index in [1.165, 1.54) is 0 Å². The van der Waals surface area contributed by atoms with Crippen LogP contribution in [0, 0.1) is 0 Å². The second-order valence-corrected chi connectivity index (χ2v) is 4.49. The molecular formula is C12H27N3O2. The van der Waals surface area contributed by atoms with E-state index in [0.29, 0.717) is 19.2 Å². The van der Waals surface area contributed by atoms with Gasteiger partial charge in [-0.15, -0.1) is 0 Å². The van der Waals surface area contributed by atoms with E-state index < -0.39 is 0 Å². The quantitative estimate of drug-likeness (QED) is 0.577. The minimum absolute atomic E-state index is 0.283. The smallest absolute Gasteiger partial charge is 0.235 e. The molecule has 0 saturated heterocycles. The fourth-order valence-electron chi connectivity index (χ4n) is 1.58. The number of primary amides is 1. The van der Waals surface area contributed by atoms with Gasteiger partial charge in [0.2, 0.25) is 5.91 Å². The molecule has 5 nitrogen and oxygen atoms in total. The molecule has 0 aliphatic carbocycles. The highest BCUT2D eigenvalue weighted by molar-refractivity contribution is 5.80. The van der Waals surface area contributed by atoms with Crippen molar-refractivity contribution in [3.63, 3.8) is 0 Å². The van der Waals surface area contributed by atoms with E-state index >= 15 is 0 Å². The predicted octanol–water partition coefficient (Wildman–Crippen LogP) is 0.197. The Bertz CT molecular complexity index is 210. The van der Waals surface area contributed by atoms with Crippen molar-refractivity contribution in [2.24, 2.45) is 5.73 Å². The van der Waals surface area contributed by atoms with Crippen molar-refractivity contribution in [2.75, 3.05) is 33.4 Å². The van der Waals surface area contributed by atoms with Crippen LogP contribution in [0.2, 0.25) is 0 Å². The first-order valence-corrected chi connectivity index (χ1v) is 6.28. The van der Waals surface area contributed by atoms with E-state index in [4.69, 9.17) is 10.5 Å². The van der Waals surface area contributed by atoms with Crippen LogP contribution >= 0.6 is 0 Å². The molecule has 0 bridgehead atoms. The van der Waals surface area contributed by atoms with E-state index in [-0.39, 0.29) is 11.9 Å². The molecular weight excluding hydrogens is 218 g/mol. The zero-order valence-electron chi connectivity index (χ0n) is 11.5. The Labute approximate surface area is 105 Å². The van der Waals surface area contributed by atoms with Gasteiger partial charge in [-0.2, -0.15) is 0 Å². The maximum absolute atomic E-state index is 11.3. The molecule has 0 heterocycles. The Balaban J connectivity index is 4.29. The maximum Gasteiger partial charge on any atom is 0.235 e. The van der Waals surface area contributed by atoms with E-state index in [1.54, 1.807) is 7.11 Å². The number of hydrogen-bond donors (Lipinski definition) is 2. The number of carbonyl (C=O) groups is 1. The zero-order chi connectivity index (χ0) is 13.3. The topological polar surface area (TPSA) is 67.6 Å². The fraction of sp³-hybridized carbons (Fsp3) is 0.917. The number of ether oxygens (including phenoxy) is 1. The molecule has 0 radical (unpaired) electrons. The first-order chi connectivity index (χ1) is 8.02. The standard InChI is InChI=1S/C12H27N3O2/c1-5-6-14-11(12(13)16)9-15(10(2)3)7-8-17-4/h10-11,14H,5-9H2,1-4H3,(H2,13,16). The molecule has 0 aromatic heterocycles. The third-order valence-electron chi connectivity index (χ3n) is 2.71. The minimum Gasteiger partial charge on any atom is -0.383 e. The highest BCUT2D eigenvalue weighted by Crippen LogP contribution is 2.00. The molecule has 0 saturated carbocycles. The summed E-state index contributed by atoms with van der Waals surface area (Å²) in [5, 5.41) is 3.17. The lowest BCUT2D eigenvalue weighted by Gasteiger charge is -2.29. The maximum atomic E-state index is 11.3. The number of rotatable bonds is 10. The molecule has 0 fully saturated rings. The third-order valence-corrected chi connectivity index (χ3v) is 2.71. The van der Waals surface area contributed by atoms with Gasteiger partial charge in [-0.3, -0.25) is 9.69 Å². The van der Waals surface area contributed by atoms with Gasteiger partial charge >= 0.3 is 0 Å². The Kier molecular flexibility index (Phi) is 9.03. The van der Waals surface area contributed by atoms with E-state index in [0.717, 1.165) is 19.5 Å². The van der Waals surface area contributed by atoms with Gasteiger partial charge in [-0.1, -0.05) is 6.92 Å². The summed E-state index contributed by atoms with van der Waals surface area (Å²) in [5.41, 5.74) is 5.40. The molecule has 0 aliphatic rings. The van der Waals surface area contributed by atoms with Gasteiger partial charge in [-0.25, -0.2) is 0 Å². The molecule has 0 aromatic rings. The van der Waals surface area contributed by atoms with Crippen LogP contribution in [0.15, 0.2) is 0 Å². The largest absolute Gasteiger partial charge is 0.383 e. The van der Waals surface area contributed by atoms with Gasteiger partial charge in [0.05, 0.1) is 12.6 Å². The van der Waals surface area contributed by atoms with Crippen LogP contribution in [0.5, 0.6) is 0 Å². The zero-order valence-corrected chi connectivity index (χ0v) is 11.5. The number of methoxy groups -OCH3 is 1. The number of amides is 1. The summed E-state index contributed by atoms with van der Waals surface area (Å²) < 4.78 is 5.07. The number of nitrogens with one attached hydrogen (secondary N) is 1. The third kappa shape index (κ3) is 7.31. The Morgan fingerprint density at radius 2 is 2.12 bits per heavy atom. The number of nitrogens with zero attached hydrogens (tertiary/aromatic N) is 1. The van der Waals surface area contributed by atoms with Crippen molar-refractivity contribution in [3.8, 4) is 0 Å². The minimum atomic E-state index is -0.290. The van der Waals surface area contributed by atoms with Gasteiger partial charge in [-0.05, 0) is 26.8 Å². The normalized spacial score (nSPS) is 13.3. The van der Waals surface area contributed by atoms with Crippen molar-refractivity contribution in [2.45, 2.75) is 39.3 Å². The molecule has 102 valence electrons.